The Hall–Kier alpha value is -1.67. The molecule has 0 saturated heterocycles. The molecule has 2 rings (SSSR count). The number of pyridine rings is 1. The quantitative estimate of drug-likeness (QED) is 0.836. The number of hydrogen-bond donors (Lipinski definition) is 2. The molecular formula is C11H9BrFN3O2S. The van der Waals surface area contributed by atoms with E-state index in [0.717, 1.165) is 6.07 Å². The minimum atomic E-state index is -4.06. The molecule has 5 nitrogen and oxygen atoms in total. The summed E-state index contributed by atoms with van der Waals surface area (Å²) in [6.07, 6.45) is 2.81. The third kappa shape index (κ3) is 3.02. The Morgan fingerprint density at radius 3 is 2.74 bits per heavy atom. The summed E-state index contributed by atoms with van der Waals surface area (Å²) >= 11 is 2.92. The van der Waals surface area contributed by atoms with E-state index in [1.165, 1.54) is 24.5 Å². The monoisotopic (exact) mass is 345 g/mol. The van der Waals surface area contributed by atoms with E-state index in [1.54, 1.807) is 6.07 Å². The van der Waals surface area contributed by atoms with Crippen molar-refractivity contribution >= 4 is 37.3 Å². The molecule has 0 aliphatic carbocycles. The fraction of sp³-hybridized carbons (Fsp3) is 0. The number of nitrogen functional groups attached to an aromatic ring is 1. The molecule has 0 unspecified atom stereocenters. The molecule has 0 spiro atoms. The minimum Gasteiger partial charge on any atom is -0.399 e. The normalized spacial score (nSPS) is 11.3. The van der Waals surface area contributed by atoms with Gasteiger partial charge < -0.3 is 5.73 Å². The van der Waals surface area contributed by atoms with Gasteiger partial charge in [0.2, 0.25) is 0 Å². The van der Waals surface area contributed by atoms with E-state index in [2.05, 4.69) is 25.6 Å². The Labute approximate surface area is 117 Å². The van der Waals surface area contributed by atoms with Crippen LogP contribution in [0.5, 0.6) is 0 Å². The number of nitrogens with zero attached hydrogens (tertiary/aromatic N) is 1. The second-order valence-electron chi connectivity index (χ2n) is 3.66. The predicted molar refractivity (Wildman–Crippen MR) is 73.6 cm³/mol. The molecule has 3 N–H and O–H groups in total. The van der Waals surface area contributed by atoms with Gasteiger partial charge >= 0.3 is 0 Å². The van der Waals surface area contributed by atoms with Crippen molar-refractivity contribution in [3.8, 4) is 0 Å². The van der Waals surface area contributed by atoms with Gasteiger partial charge in [-0.2, -0.15) is 0 Å². The molecule has 0 fully saturated rings. The Morgan fingerprint density at radius 2 is 2.11 bits per heavy atom. The molecule has 0 bridgehead atoms. The van der Waals surface area contributed by atoms with Gasteiger partial charge in [-0.05, 0) is 40.2 Å². The Balaban J connectivity index is 2.46. The molecular weight excluding hydrogens is 337 g/mol. The average molecular weight is 346 g/mol. The van der Waals surface area contributed by atoms with Crippen LogP contribution in [-0.4, -0.2) is 13.4 Å². The maximum absolute atomic E-state index is 13.8. The number of aromatic nitrogens is 1. The van der Waals surface area contributed by atoms with Gasteiger partial charge in [-0.25, -0.2) is 12.8 Å². The van der Waals surface area contributed by atoms with Crippen LogP contribution in [-0.2, 0) is 10.0 Å². The predicted octanol–water partition coefficient (Wildman–Crippen LogP) is 2.37. The Bertz CT molecular complexity index is 707. The van der Waals surface area contributed by atoms with Gasteiger partial charge in [0.05, 0.1) is 16.4 Å². The Kier molecular flexibility index (Phi) is 3.72. The topological polar surface area (TPSA) is 85.1 Å². The van der Waals surface area contributed by atoms with Gasteiger partial charge in [0.25, 0.3) is 10.0 Å². The van der Waals surface area contributed by atoms with Crippen molar-refractivity contribution in [2.75, 3.05) is 10.5 Å². The lowest BCUT2D eigenvalue weighted by atomic mass is 10.3. The van der Waals surface area contributed by atoms with Crippen molar-refractivity contribution in [3.05, 3.63) is 46.9 Å². The van der Waals surface area contributed by atoms with E-state index in [4.69, 9.17) is 5.73 Å². The molecule has 0 radical (unpaired) electrons. The smallest absolute Gasteiger partial charge is 0.264 e. The number of anilines is 2. The van der Waals surface area contributed by atoms with Crippen molar-refractivity contribution in [1.29, 1.82) is 0 Å². The zero-order chi connectivity index (χ0) is 14.0. The zero-order valence-electron chi connectivity index (χ0n) is 9.47. The van der Waals surface area contributed by atoms with Gasteiger partial charge in [0.1, 0.15) is 4.90 Å². The van der Waals surface area contributed by atoms with E-state index >= 15 is 0 Å². The van der Waals surface area contributed by atoms with Gasteiger partial charge in [-0.1, -0.05) is 0 Å². The highest BCUT2D eigenvalue weighted by Crippen LogP contribution is 2.27. The zero-order valence-corrected chi connectivity index (χ0v) is 11.9. The van der Waals surface area contributed by atoms with Crippen LogP contribution in [0.25, 0.3) is 0 Å². The number of nitrogens with one attached hydrogen (secondary N) is 1. The standard InChI is InChI=1S/C11H9BrFN3O2S/c12-9-4-7(14)5-10(11(9)13)19(17,18)16-8-2-1-3-15-6-8/h1-6,16H,14H2. The van der Waals surface area contributed by atoms with Crippen molar-refractivity contribution in [1.82, 2.24) is 4.98 Å². The van der Waals surface area contributed by atoms with Crippen molar-refractivity contribution in [2.45, 2.75) is 4.90 Å². The van der Waals surface area contributed by atoms with Gasteiger partial charge in [-0.3, -0.25) is 9.71 Å². The largest absolute Gasteiger partial charge is 0.399 e. The maximum Gasteiger partial charge on any atom is 0.264 e. The second-order valence-corrected chi connectivity index (χ2v) is 6.17. The molecule has 8 heteroatoms. The summed E-state index contributed by atoms with van der Waals surface area (Å²) in [6.45, 7) is 0. The van der Waals surface area contributed by atoms with Crippen LogP contribution in [0.3, 0.4) is 0 Å². The van der Waals surface area contributed by atoms with Crippen LogP contribution in [0.4, 0.5) is 15.8 Å². The van der Waals surface area contributed by atoms with Crippen LogP contribution in [0.2, 0.25) is 0 Å². The van der Waals surface area contributed by atoms with E-state index in [-0.39, 0.29) is 15.8 Å². The third-order valence-electron chi connectivity index (χ3n) is 2.22. The first kappa shape index (κ1) is 13.8. The average Bonchev–Trinajstić information content (AvgIpc) is 2.34. The summed E-state index contributed by atoms with van der Waals surface area (Å²) < 4.78 is 40.2. The third-order valence-corrected chi connectivity index (χ3v) is 4.18. The fourth-order valence-electron chi connectivity index (χ4n) is 1.41. The van der Waals surface area contributed by atoms with Crippen molar-refractivity contribution in [3.63, 3.8) is 0 Å². The lowest BCUT2D eigenvalue weighted by Crippen LogP contribution is -2.15. The van der Waals surface area contributed by atoms with E-state index in [9.17, 15) is 12.8 Å². The molecule has 0 aliphatic rings. The second kappa shape index (κ2) is 5.14. The molecule has 1 aromatic heterocycles. The molecule has 0 atom stereocenters. The molecule has 2 aromatic rings. The van der Waals surface area contributed by atoms with Crippen molar-refractivity contribution < 1.29 is 12.8 Å². The van der Waals surface area contributed by atoms with Crippen molar-refractivity contribution in [2.24, 2.45) is 0 Å². The summed E-state index contributed by atoms with van der Waals surface area (Å²) in [5.41, 5.74) is 5.89. The van der Waals surface area contributed by atoms with Gasteiger partial charge in [-0.15, -0.1) is 0 Å². The molecule has 1 aromatic carbocycles. The molecule has 0 saturated carbocycles. The summed E-state index contributed by atoms with van der Waals surface area (Å²) in [5.74, 6) is -0.898. The van der Waals surface area contributed by atoms with Crippen LogP contribution >= 0.6 is 15.9 Å². The maximum atomic E-state index is 13.8. The highest BCUT2D eigenvalue weighted by Gasteiger charge is 2.21. The molecule has 0 aliphatic heterocycles. The summed E-state index contributed by atoms with van der Waals surface area (Å²) in [5, 5.41) is 0. The van der Waals surface area contributed by atoms with Crippen LogP contribution in [0.15, 0.2) is 46.0 Å². The number of nitrogens with two attached hydrogens (primary N) is 1. The summed E-state index contributed by atoms with van der Waals surface area (Å²) in [7, 11) is -4.06. The highest BCUT2D eigenvalue weighted by molar-refractivity contribution is 9.10. The molecule has 19 heavy (non-hydrogen) atoms. The van der Waals surface area contributed by atoms with Gasteiger partial charge in [0, 0.05) is 11.9 Å². The lowest BCUT2D eigenvalue weighted by Gasteiger charge is -2.10. The van der Waals surface area contributed by atoms with Crippen LogP contribution in [0, 0.1) is 5.82 Å². The van der Waals surface area contributed by atoms with E-state index in [1.807, 2.05) is 0 Å². The first-order valence-electron chi connectivity index (χ1n) is 5.07. The number of sulfonamides is 1. The van der Waals surface area contributed by atoms with Crippen LogP contribution < -0.4 is 10.5 Å². The first-order chi connectivity index (χ1) is 8.90. The Morgan fingerprint density at radius 1 is 1.37 bits per heavy atom. The molecule has 100 valence electrons. The first-order valence-corrected chi connectivity index (χ1v) is 7.35. The van der Waals surface area contributed by atoms with Gasteiger partial charge in [0.15, 0.2) is 5.82 Å². The number of hydrogen-bond acceptors (Lipinski definition) is 4. The van der Waals surface area contributed by atoms with E-state index in [0.29, 0.717) is 0 Å². The number of benzene rings is 1. The SMILES string of the molecule is Nc1cc(Br)c(F)c(S(=O)(=O)Nc2cccnc2)c1. The minimum absolute atomic E-state index is 0.0148. The summed E-state index contributed by atoms with van der Waals surface area (Å²) in [6, 6.07) is 5.41. The molecule has 1 heterocycles. The number of halogens is 2. The highest BCUT2D eigenvalue weighted by atomic mass is 79.9. The fourth-order valence-corrected chi connectivity index (χ4v) is 3.20. The van der Waals surface area contributed by atoms with Crippen LogP contribution in [0.1, 0.15) is 0 Å². The van der Waals surface area contributed by atoms with E-state index < -0.39 is 20.7 Å². The lowest BCUT2D eigenvalue weighted by molar-refractivity contribution is 0.567. The summed E-state index contributed by atoms with van der Waals surface area (Å²) in [4.78, 5) is 3.24. The molecule has 0 amide bonds. The number of rotatable bonds is 3.